The number of anilines is 4. The summed E-state index contributed by atoms with van der Waals surface area (Å²) in [6, 6.07) is 23.3. The summed E-state index contributed by atoms with van der Waals surface area (Å²) in [5, 5.41) is 29.1. The number of nitrogens with zero attached hydrogens (tertiary/aromatic N) is 2. The van der Waals surface area contributed by atoms with Crippen LogP contribution in [0.25, 0.3) is 0 Å². The summed E-state index contributed by atoms with van der Waals surface area (Å²) in [5.41, 5.74) is 3.71. The Kier molecular flexibility index (Phi) is 9.26. The molecule has 0 aliphatic rings. The molecular weight excluding hydrogens is 458 g/mol. The smallest absolute Gasteiger partial charge is 0.307 e. The molecule has 0 bridgehead atoms. The largest absolute Gasteiger partial charge is 0.469 e. The van der Waals surface area contributed by atoms with Gasteiger partial charge in [0.05, 0.1) is 43.1 Å². The third-order valence-corrected chi connectivity index (χ3v) is 5.52. The van der Waals surface area contributed by atoms with Crippen LogP contribution >= 0.6 is 0 Å². The minimum Gasteiger partial charge on any atom is -0.469 e. The van der Waals surface area contributed by atoms with Gasteiger partial charge in [0.1, 0.15) is 0 Å². The second kappa shape index (κ2) is 12.8. The van der Waals surface area contributed by atoms with Crippen LogP contribution in [-0.2, 0) is 14.3 Å². The monoisotopic (exact) mass is 487 g/mol. The highest BCUT2D eigenvalue weighted by Crippen LogP contribution is 2.30. The van der Waals surface area contributed by atoms with Crippen LogP contribution in [-0.4, -0.2) is 44.2 Å². The lowest BCUT2D eigenvalue weighted by molar-refractivity contribution is -0.140. The second-order valence-electron chi connectivity index (χ2n) is 7.87. The molecule has 1 atom stereocenters. The first-order valence-electron chi connectivity index (χ1n) is 11.4. The Bertz CT molecular complexity index is 1210. The van der Waals surface area contributed by atoms with Crippen LogP contribution in [0.1, 0.15) is 23.8 Å². The molecule has 3 aromatic carbocycles. The molecule has 1 amide bonds. The van der Waals surface area contributed by atoms with E-state index in [-0.39, 0.29) is 31.4 Å². The molecule has 3 rings (SSSR count). The SMILES string of the molecule is CNc1ccc(C(O)N(CCC(=O)OC)c2ccccc2)cc1NC(=O)CNc1ccc(C#N)cc1. The number of carbonyl (C=O) groups is 2. The Hall–Kier alpha value is -4.55. The highest BCUT2D eigenvalue weighted by atomic mass is 16.5. The summed E-state index contributed by atoms with van der Waals surface area (Å²) in [6.45, 7) is 0.249. The van der Waals surface area contributed by atoms with Gasteiger partial charge < -0.3 is 30.7 Å². The van der Waals surface area contributed by atoms with Gasteiger partial charge in [0.15, 0.2) is 6.23 Å². The number of amides is 1. The predicted octanol–water partition coefficient (Wildman–Crippen LogP) is 3.71. The Morgan fingerprint density at radius 3 is 2.42 bits per heavy atom. The van der Waals surface area contributed by atoms with E-state index in [0.29, 0.717) is 28.2 Å². The molecule has 0 saturated carbocycles. The predicted molar refractivity (Wildman–Crippen MR) is 140 cm³/mol. The van der Waals surface area contributed by atoms with E-state index in [1.807, 2.05) is 30.3 Å². The number of nitriles is 1. The van der Waals surface area contributed by atoms with E-state index >= 15 is 0 Å². The van der Waals surface area contributed by atoms with Gasteiger partial charge in [-0.25, -0.2) is 0 Å². The molecule has 0 saturated heterocycles. The van der Waals surface area contributed by atoms with Crippen LogP contribution < -0.4 is 20.9 Å². The third-order valence-electron chi connectivity index (χ3n) is 5.52. The zero-order valence-electron chi connectivity index (χ0n) is 20.2. The molecule has 4 N–H and O–H groups in total. The van der Waals surface area contributed by atoms with E-state index in [2.05, 4.69) is 22.0 Å². The molecule has 0 fully saturated rings. The highest BCUT2D eigenvalue weighted by Gasteiger charge is 2.21. The van der Waals surface area contributed by atoms with E-state index in [1.54, 1.807) is 54.4 Å². The molecule has 186 valence electrons. The van der Waals surface area contributed by atoms with E-state index in [9.17, 15) is 14.7 Å². The number of rotatable bonds is 11. The molecule has 0 heterocycles. The van der Waals surface area contributed by atoms with Crippen molar-refractivity contribution in [3.63, 3.8) is 0 Å². The van der Waals surface area contributed by atoms with E-state index < -0.39 is 6.23 Å². The summed E-state index contributed by atoms with van der Waals surface area (Å²) in [7, 11) is 3.07. The molecule has 0 aromatic heterocycles. The summed E-state index contributed by atoms with van der Waals surface area (Å²) in [4.78, 5) is 26.1. The van der Waals surface area contributed by atoms with Gasteiger partial charge in [-0.2, -0.15) is 5.26 Å². The molecule has 0 radical (unpaired) electrons. The van der Waals surface area contributed by atoms with Gasteiger partial charge in [-0.3, -0.25) is 9.59 Å². The Balaban J connectivity index is 1.76. The number of para-hydroxylation sites is 1. The normalized spacial score (nSPS) is 11.1. The van der Waals surface area contributed by atoms with Gasteiger partial charge in [0.2, 0.25) is 5.91 Å². The van der Waals surface area contributed by atoms with E-state index in [4.69, 9.17) is 10.00 Å². The number of hydrogen-bond acceptors (Lipinski definition) is 8. The van der Waals surface area contributed by atoms with Crippen LogP contribution in [0.15, 0.2) is 72.8 Å². The zero-order valence-corrected chi connectivity index (χ0v) is 20.2. The highest BCUT2D eigenvalue weighted by molar-refractivity contribution is 5.96. The third kappa shape index (κ3) is 6.98. The summed E-state index contributed by atoms with van der Waals surface area (Å²) in [6.07, 6.45) is -0.975. The standard InChI is InChI=1S/C27H29N5O4/c1-29-23-13-10-20(27(35)32(15-14-26(34)36-2)22-6-4-3-5-7-22)16-24(23)31-25(33)18-30-21-11-8-19(17-28)9-12-21/h3-13,16,27,29-30,35H,14-15,18H2,1-2H3,(H,31,33). The lowest BCUT2D eigenvalue weighted by Gasteiger charge is -2.30. The molecule has 1 unspecified atom stereocenters. The summed E-state index contributed by atoms with van der Waals surface area (Å²) in [5.74, 6) is -0.663. The van der Waals surface area contributed by atoms with Crippen molar-refractivity contribution in [3.8, 4) is 6.07 Å². The Labute approximate surface area is 210 Å². The van der Waals surface area contributed by atoms with Gasteiger partial charge in [-0.1, -0.05) is 24.3 Å². The fourth-order valence-electron chi connectivity index (χ4n) is 3.59. The Morgan fingerprint density at radius 1 is 1.06 bits per heavy atom. The maximum absolute atomic E-state index is 12.6. The van der Waals surface area contributed by atoms with E-state index in [1.165, 1.54) is 7.11 Å². The summed E-state index contributed by atoms with van der Waals surface area (Å²) >= 11 is 0. The molecule has 36 heavy (non-hydrogen) atoms. The van der Waals surface area contributed by atoms with Crippen LogP contribution in [0.5, 0.6) is 0 Å². The summed E-state index contributed by atoms with van der Waals surface area (Å²) < 4.78 is 4.76. The molecule has 9 nitrogen and oxygen atoms in total. The number of esters is 1. The van der Waals surface area contributed by atoms with Crippen LogP contribution in [0, 0.1) is 11.3 Å². The first kappa shape index (κ1) is 26.1. The molecular formula is C27H29N5O4. The molecule has 0 aliphatic heterocycles. The number of benzene rings is 3. The van der Waals surface area contributed by atoms with Gasteiger partial charge in [-0.05, 0) is 48.5 Å². The number of aliphatic hydroxyl groups excluding tert-OH is 1. The first-order chi connectivity index (χ1) is 17.4. The van der Waals surface area contributed by atoms with E-state index in [0.717, 1.165) is 5.69 Å². The minimum absolute atomic E-state index is 0.0110. The number of methoxy groups -OCH3 is 1. The average molecular weight is 488 g/mol. The number of ether oxygens (including phenoxy) is 1. The quantitative estimate of drug-likeness (QED) is 0.238. The van der Waals surface area contributed by atoms with Crippen LogP contribution in [0.2, 0.25) is 0 Å². The number of carbonyl (C=O) groups excluding carboxylic acids is 2. The second-order valence-corrected chi connectivity index (χ2v) is 7.87. The Morgan fingerprint density at radius 2 is 1.78 bits per heavy atom. The van der Waals surface area contributed by atoms with Gasteiger partial charge >= 0.3 is 5.97 Å². The molecule has 0 spiro atoms. The average Bonchev–Trinajstić information content (AvgIpc) is 2.92. The van der Waals surface area contributed by atoms with Crippen molar-refractivity contribution in [2.24, 2.45) is 0 Å². The van der Waals surface area contributed by atoms with Crippen molar-refractivity contribution in [2.75, 3.05) is 48.1 Å². The number of aliphatic hydroxyl groups is 1. The minimum atomic E-state index is -1.07. The fraction of sp³-hybridized carbons (Fsp3) is 0.222. The first-order valence-corrected chi connectivity index (χ1v) is 11.4. The van der Waals surface area contributed by atoms with Crippen molar-refractivity contribution in [3.05, 3.63) is 83.9 Å². The topological polar surface area (TPSA) is 127 Å². The van der Waals surface area contributed by atoms with Gasteiger partial charge in [-0.15, -0.1) is 0 Å². The number of hydrogen-bond donors (Lipinski definition) is 4. The van der Waals surface area contributed by atoms with Crippen LogP contribution in [0.3, 0.4) is 0 Å². The number of nitrogens with one attached hydrogen (secondary N) is 3. The van der Waals surface area contributed by atoms with Crippen molar-refractivity contribution < 1.29 is 19.4 Å². The molecule has 3 aromatic rings. The maximum Gasteiger partial charge on any atom is 0.307 e. The van der Waals surface area contributed by atoms with Crippen molar-refractivity contribution in [1.82, 2.24) is 0 Å². The van der Waals surface area contributed by atoms with Crippen molar-refractivity contribution in [2.45, 2.75) is 12.6 Å². The molecule has 0 aliphatic carbocycles. The molecule has 9 heteroatoms. The van der Waals surface area contributed by atoms with Crippen LogP contribution in [0.4, 0.5) is 22.7 Å². The maximum atomic E-state index is 12.6. The lowest BCUT2D eigenvalue weighted by atomic mass is 10.1. The zero-order chi connectivity index (χ0) is 25.9. The van der Waals surface area contributed by atoms with Gasteiger partial charge in [0.25, 0.3) is 0 Å². The fourth-order valence-corrected chi connectivity index (χ4v) is 3.59. The van der Waals surface area contributed by atoms with Crippen molar-refractivity contribution in [1.29, 1.82) is 5.26 Å². The van der Waals surface area contributed by atoms with Crippen molar-refractivity contribution >= 4 is 34.6 Å². The lowest BCUT2D eigenvalue weighted by Crippen LogP contribution is -2.31. The van der Waals surface area contributed by atoms with Gasteiger partial charge in [0, 0.05) is 30.5 Å².